The molecule has 0 bridgehead atoms. The summed E-state index contributed by atoms with van der Waals surface area (Å²) in [5.41, 5.74) is 2.20. The lowest BCUT2D eigenvalue weighted by atomic mass is 10.0. The lowest BCUT2D eigenvalue weighted by Crippen LogP contribution is -2.36. The summed E-state index contributed by atoms with van der Waals surface area (Å²) in [6.07, 6.45) is 7.88. The molecule has 4 heterocycles. The minimum absolute atomic E-state index is 0.0422. The van der Waals surface area contributed by atoms with E-state index in [0.717, 1.165) is 61.5 Å². The third kappa shape index (κ3) is 4.48. The second kappa shape index (κ2) is 9.92. The van der Waals surface area contributed by atoms with Gasteiger partial charge in [-0.05, 0) is 49.9 Å². The Bertz CT molecular complexity index is 1400. The number of benzene rings is 1. The number of anilines is 1. The van der Waals surface area contributed by atoms with Crippen molar-refractivity contribution in [3.8, 4) is 11.3 Å². The van der Waals surface area contributed by atoms with E-state index in [9.17, 15) is 13.6 Å². The van der Waals surface area contributed by atoms with E-state index in [1.54, 1.807) is 19.2 Å². The molecule has 4 aromatic rings. The van der Waals surface area contributed by atoms with Gasteiger partial charge in [-0.2, -0.15) is 0 Å². The van der Waals surface area contributed by atoms with Gasteiger partial charge >= 0.3 is 0 Å². The topological polar surface area (TPSA) is 102 Å². The Balaban J connectivity index is 1.34. The molecular formula is C25H26F2N8O. The molecule has 1 aromatic carbocycles. The maximum atomic E-state index is 14.8. The summed E-state index contributed by atoms with van der Waals surface area (Å²) in [5, 5.41) is 11.1. The number of rotatable bonds is 6. The molecule has 1 aliphatic heterocycles. The molecule has 0 saturated carbocycles. The number of pyridine rings is 1. The molecule has 1 N–H and O–H groups in total. The number of hydrogen-bond acceptors (Lipinski definition) is 7. The molecule has 1 saturated heterocycles. The van der Waals surface area contributed by atoms with Crippen molar-refractivity contribution in [2.24, 2.45) is 0 Å². The van der Waals surface area contributed by atoms with Crippen molar-refractivity contribution in [2.45, 2.75) is 39.2 Å². The number of nitrogens with one attached hydrogen (secondary N) is 1. The van der Waals surface area contributed by atoms with Crippen LogP contribution in [0, 0.1) is 11.6 Å². The molecule has 0 radical (unpaired) electrons. The second-order valence-electron chi connectivity index (χ2n) is 8.73. The van der Waals surface area contributed by atoms with Crippen LogP contribution in [0.1, 0.15) is 48.7 Å². The normalized spacial score (nSPS) is 14.4. The standard InChI is InChI=1S/C25H26F2N8O/c1-3-15-12-30-25(31-13-15)34-7-5-16(6-8-34)35-23-14-29-21(11-22(23)32-33-35)17-9-20(27)18(10-19(17)26)24(36)28-4-2/h9-14,16H,3-8H2,1-2H3,(H,28,36). The highest BCUT2D eigenvalue weighted by Gasteiger charge is 2.25. The van der Waals surface area contributed by atoms with Crippen molar-refractivity contribution in [3.05, 3.63) is 59.6 Å². The summed E-state index contributed by atoms with van der Waals surface area (Å²) < 4.78 is 31.2. The summed E-state index contributed by atoms with van der Waals surface area (Å²) in [4.78, 5) is 27.4. The van der Waals surface area contributed by atoms with E-state index in [4.69, 9.17) is 0 Å². The molecule has 36 heavy (non-hydrogen) atoms. The van der Waals surface area contributed by atoms with E-state index in [0.29, 0.717) is 12.1 Å². The number of halogens is 2. The van der Waals surface area contributed by atoms with Crippen LogP contribution in [0.2, 0.25) is 0 Å². The first-order valence-electron chi connectivity index (χ1n) is 12.0. The Morgan fingerprint density at radius 3 is 2.47 bits per heavy atom. The average molecular weight is 493 g/mol. The number of carbonyl (C=O) groups is 1. The fourth-order valence-electron chi connectivity index (χ4n) is 4.43. The van der Waals surface area contributed by atoms with Crippen LogP contribution in [-0.4, -0.2) is 55.5 Å². The van der Waals surface area contributed by atoms with Crippen molar-refractivity contribution < 1.29 is 13.6 Å². The van der Waals surface area contributed by atoms with Crippen LogP contribution in [0.15, 0.2) is 36.8 Å². The van der Waals surface area contributed by atoms with Crippen LogP contribution in [0.5, 0.6) is 0 Å². The Hall–Kier alpha value is -4.02. The van der Waals surface area contributed by atoms with Gasteiger partial charge in [0.15, 0.2) is 0 Å². The largest absolute Gasteiger partial charge is 0.352 e. The first-order chi connectivity index (χ1) is 17.5. The summed E-state index contributed by atoms with van der Waals surface area (Å²) in [6, 6.07) is 3.59. The predicted molar refractivity (Wildman–Crippen MR) is 131 cm³/mol. The molecule has 5 rings (SSSR count). The Kier molecular flexibility index (Phi) is 6.53. The number of amides is 1. The van der Waals surface area contributed by atoms with E-state index in [1.165, 1.54) is 0 Å². The molecule has 186 valence electrons. The monoisotopic (exact) mass is 492 g/mol. The van der Waals surface area contributed by atoms with Gasteiger partial charge in [0.05, 0.1) is 23.5 Å². The zero-order chi connectivity index (χ0) is 25.2. The minimum atomic E-state index is -0.817. The fourth-order valence-corrected chi connectivity index (χ4v) is 4.43. The van der Waals surface area contributed by atoms with Crippen molar-refractivity contribution >= 4 is 22.9 Å². The highest BCUT2D eigenvalue weighted by atomic mass is 19.1. The number of nitrogens with zero attached hydrogens (tertiary/aromatic N) is 7. The van der Waals surface area contributed by atoms with Gasteiger partial charge < -0.3 is 10.2 Å². The molecule has 3 aromatic heterocycles. The zero-order valence-corrected chi connectivity index (χ0v) is 20.1. The molecule has 0 unspecified atom stereocenters. The number of carbonyl (C=O) groups excluding carboxylic acids is 1. The van der Waals surface area contributed by atoms with Crippen LogP contribution in [0.25, 0.3) is 22.3 Å². The molecule has 0 aliphatic carbocycles. The van der Waals surface area contributed by atoms with Crippen LogP contribution in [0.4, 0.5) is 14.7 Å². The molecular weight excluding hydrogens is 466 g/mol. The third-order valence-corrected chi connectivity index (χ3v) is 6.47. The smallest absolute Gasteiger partial charge is 0.254 e. The number of aryl methyl sites for hydroxylation is 1. The molecule has 11 heteroatoms. The van der Waals surface area contributed by atoms with Gasteiger partial charge in [-0.1, -0.05) is 12.1 Å². The first kappa shape index (κ1) is 23.7. The predicted octanol–water partition coefficient (Wildman–Crippen LogP) is 3.72. The Morgan fingerprint density at radius 1 is 1.03 bits per heavy atom. The van der Waals surface area contributed by atoms with E-state index < -0.39 is 17.5 Å². The molecule has 1 aliphatic rings. The van der Waals surface area contributed by atoms with Gasteiger partial charge in [0.1, 0.15) is 22.7 Å². The summed E-state index contributed by atoms with van der Waals surface area (Å²) in [5.74, 6) is -1.49. The van der Waals surface area contributed by atoms with Crippen molar-refractivity contribution in [2.75, 3.05) is 24.5 Å². The summed E-state index contributed by atoms with van der Waals surface area (Å²) >= 11 is 0. The van der Waals surface area contributed by atoms with E-state index in [1.807, 2.05) is 17.1 Å². The number of aromatic nitrogens is 6. The van der Waals surface area contributed by atoms with Gasteiger partial charge in [0.2, 0.25) is 5.95 Å². The van der Waals surface area contributed by atoms with Crippen LogP contribution < -0.4 is 10.2 Å². The van der Waals surface area contributed by atoms with Crippen molar-refractivity contribution in [1.29, 1.82) is 0 Å². The molecule has 0 atom stereocenters. The Labute approximate surface area is 206 Å². The lowest BCUT2D eigenvalue weighted by Gasteiger charge is -2.32. The van der Waals surface area contributed by atoms with Crippen LogP contribution in [0.3, 0.4) is 0 Å². The highest BCUT2D eigenvalue weighted by Crippen LogP contribution is 2.30. The lowest BCUT2D eigenvalue weighted by molar-refractivity contribution is 0.0951. The number of fused-ring (bicyclic) bond motifs is 1. The van der Waals surface area contributed by atoms with Crippen molar-refractivity contribution in [3.63, 3.8) is 0 Å². The zero-order valence-electron chi connectivity index (χ0n) is 20.1. The van der Waals surface area contributed by atoms with Crippen LogP contribution >= 0.6 is 0 Å². The molecule has 0 spiro atoms. The van der Waals surface area contributed by atoms with Gasteiger partial charge in [-0.15, -0.1) is 5.10 Å². The van der Waals surface area contributed by atoms with Gasteiger partial charge in [0, 0.05) is 37.6 Å². The van der Waals surface area contributed by atoms with E-state index in [-0.39, 0.29) is 22.9 Å². The van der Waals surface area contributed by atoms with Gasteiger partial charge in [-0.3, -0.25) is 9.78 Å². The minimum Gasteiger partial charge on any atom is -0.352 e. The molecule has 1 amide bonds. The highest BCUT2D eigenvalue weighted by molar-refractivity contribution is 5.95. The average Bonchev–Trinajstić information content (AvgIpc) is 3.33. The van der Waals surface area contributed by atoms with E-state index >= 15 is 0 Å². The van der Waals surface area contributed by atoms with Gasteiger partial charge in [0.25, 0.3) is 5.91 Å². The van der Waals surface area contributed by atoms with Crippen LogP contribution in [-0.2, 0) is 6.42 Å². The summed E-state index contributed by atoms with van der Waals surface area (Å²) in [7, 11) is 0. The molecule has 9 nitrogen and oxygen atoms in total. The third-order valence-electron chi connectivity index (χ3n) is 6.47. The molecule has 1 fully saturated rings. The quantitative estimate of drug-likeness (QED) is 0.438. The van der Waals surface area contributed by atoms with E-state index in [2.05, 4.69) is 42.4 Å². The maximum absolute atomic E-state index is 14.8. The Morgan fingerprint density at radius 2 is 1.78 bits per heavy atom. The SMILES string of the molecule is CCNC(=O)c1cc(F)c(-c2cc3nnn(C4CCN(c5ncc(CC)cn5)CC4)c3cn2)cc1F. The van der Waals surface area contributed by atoms with Crippen molar-refractivity contribution in [1.82, 2.24) is 35.3 Å². The van der Waals surface area contributed by atoms with Gasteiger partial charge in [-0.25, -0.2) is 23.4 Å². The first-order valence-corrected chi connectivity index (χ1v) is 12.0. The number of piperidine rings is 1. The maximum Gasteiger partial charge on any atom is 0.254 e. The number of hydrogen-bond donors (Lipinski definition) is 1. The fraction of sp³-hybridized carbons (Fsp3) is 0.360. The summed E-state index contributed by atoms with van der Waals surface area (Å²) in [6.45, 7) is 5.66. The second-order valence-corrected chi connectivity index (χ2v) is 8.73.